The summed E-state index contributed by atoms with van der Waals surface area (Å²) in [5, 5.41) is 2.83. The fourth-order valence-corrected chi connectivity index (χ4v) is 2.27. The number of amides is 1. The Morgan fingerprint density at radius 3 is 2.64 bits per heavy atom. The summed E-state index contributed by atoms with van der Waals surface area (Å²) in [6.45, 7) is 0. The van der Waals surface area contributed by atoms with Gasteiger partial charge in [-0.15, -0.1) is 0 Å². The molecule has 1 fully saturated rings. The van der Waals surface area contributed by atoms with Crippen molar-refractivity contribution in [3.8, 4) is 11.5 Å². The number of nitrogens with one attached hydrogen (secondary N) is 1. The molecule has 1 aliphatic rings. The van der Waals surface area contributed by atoms with E-state index in [4.69, 9.17) is 9.47 Å². The molecule has 0 bridgehead atoms. The zero-order valence-corrected chi connectivity index (χ0v) is 12.5. The molecule has 1 amide bonds. The van der Waals surface area contributed by atoms with Crippen molar-refractivity contribution in [1.29, 1.82) is 0 Å². The molecule has 114 valence electrons. The van der Waals surface area contributed by atoms with Crippen molar-refractivity contribution in [2.24, 2.45) is 0 Å². The molecular weight excluding hydrogens is 282 g/mol. The Balaban J connectivity index is 1.88. The van der Waals surface area contributed by atoms with Gasteiger partial charge >= 0.3 is 0 Å². The highest BCUT2D eigenvalue weighted by Gasteiger charge is 2.29. The molecule has 1 aliphatic carbocycles. The zero-order chi connectivity index (χ0) is 15.5. The summed E-state index contributed by atoms with van der Waals surface area (Å²) in [6.07, 6.45) is 5.40. The van der Waals surface area contributed by atoms with Crippen molar-refractivity contribution in [3.63, 3.8) is 0 Å². The predicted molar refractivity (Wildman–Crippen MR) is 81.5 cm³/mol. The topological polar surface area (TPSA) is 73.3 Å². The Bertz CT molecular complexity index is 699. The van der Waals surface area contributed by atoms with E-state index in [2.05, 4.69) is 15.3 Å². The molecule has 0 unspecified atom stereocenters. The fourth-order valence-electron chi connectivity index (χ4n) is 2.27. The van der Waals surface area contributed by atoms with E-state index in [1.807, 2.05) is 0 Å². The van der Waals surface area contributed by atoms with Gasteiger partial charge < -0.3 is 14.8 Å². The second kappa shape index (κ2) is 6.01. The highest BCUT2D eigenvalue weighted by atomic mass is 16.5. The van der Waals surface area contributed by atoms with Gasteiger partial charge in [0.2, 0.25) is 0 Å². The summed E-state index contributed by atoms with van der Waals surface area (Å²) in [5.41, 5.74) is 1.24. The van der Waals surface area contributed by atoms with Crippen molar-refractivity contribution in [2.45, 2.75) is 18.8 Å². The van der Waals surface area contributed by atoms with Gasteiger partial charge in [-0.05, 0) is 31.0 Å². The van der Waals surface area contributed by atoms with Crippen LogP contribution in [-0.4, -0.2) is 30.1 Å². The third kappa shape index (κ3) is 2.86. The molecule has 22 heavy (non-hydrogen) atoms. The van der Waals surface area contributed by atoms with Crippen LogP contribution in [0.1, 0.15) is 34.8 Å². The predicted octanol–water partition coefficient (Wildman–Crippen LogP) is 2.62. The molecule has 0 radical (unpaired) electrons. The quantitative estimate of drug-likeness (QED) is 0.918. The average Bonchev–Trinajstić information content (AvgIpc) is 3.39. The van der Waals surface area contributed by atoms with Gasteiger partial charge in [0.05, 0.1) is 25.5 Å². The minimum atomic E-state index is -0.293. The van der Waals surface area contributed by atoms with Gasteiger partial charge in [-0.1, -0.05) is 0 Å². The summed E-state index contributed by atoms with van der Waals surface area (Å²) in [6, 6.07) is 5.08. The maximum absolute atomic E-state index is 12.5. The van der Waals surface area contributed by atoms with Crippen molar-refractivity contribution < 1.29 is 14.3 Å². The number of hydrogen-bond acceptors (Lipinski definition) is 5. The van der Waals surface area contributed by atoms with Crippen molar-refractivity contribution in [3.05, 3.63) is 41.9 Å². The van der Waals surface area contributed by atoms with Gasteiger partial charge in [0.25, 0.3) is 5.91 Å². The molecule has 1 aromatic heterocycles. The number of aromatic nitrogens is 2. The first-order chi connectivity index (χ1) is 10.7. The van der Waals surface area contributed by atoms with Gasteiger partial charge in [-0.2, -0.15) is 0 Å². The van der Waals surface area contributed by atoms with Crippen LogP contribution in [0, 0.1) is 0 Å². The molecule has 0 atom stereocenters. The molecule has 1 N–H and O–H groups in total. The summed E-state index contributed by atoms with van der Waals surface area (Å²) in [7, 11) is 3.08. The molecule has 3 rings (SSSR count). The normalized spacial score (nSPS) is 13.5. The lowest BCUT2D eigenvalue weighted by Crippen LogP contribution is -2.16. The number of hydrogen-bond donors (Lipinski definition) is 1. The summed E-state index contributed by atoms with van der Waals surface area (Å²) in [4.78, 5) is 21.1. The number of carbonyl (C=O) groups excluding carboxylic acids is 1. The maximum Gasteiger partial charge on any atom is 0.260 e. The number of benzene rings is 1. The largest absolute Gasteiger partial charge is 0.497 e. The molecule has 0 aliphatic heterocycles. The maximum atomic E-state index is 12.5. The third-order valence-corrected chi connectivity index (χ3v) is 3.57. The van der Waals surface area contributed by atoms with Crippen LogP contribution in [0.4, 0.5) is 5.82 Å². The van der Waals surface area contributed by atoms with E-state index in [1.165, 1.54) is 7.11 Å². The smallest absolute Gasteiger partial charge is 0.260 e. The van der Waals surface area contributed by atoms with E-state index >= 15 is 0 Å². The summed E-state index contributed by atoms with van der Waals surface area (Å²) >= 11 is 0. The molecule has 2 aromatic rings. The van der Waals surface area contributed by atoms with Crippen LogP contribution in [0.2, 0.25) is 0 Å². The van der Waals surface area contributed by atoms with Crippen LogP contribution in [0.25, 0.3) is 0 Å². The van der Waals surface area contributed by atoms with E-state index in [1.54, 1.807) is 37.7 Å². The van der Waals surface area contributed by atoms with Gasteiger partial charge in [-0.25, -0.2) is 4.98 Å². The van der Waals surface area contributed by atoms with Gasteiger partial charge in [-0.3, -0.25) is 9.78 Å². The van der Waals surface area contributed by atoms with E-state index in [-0.39, 0.29) is 5.91 Å². The third-order valence-electron chi connectivity index (χ3n) is 3.57. The highest BCUT2D eigenvalue weighted by Crippen LogP contribution is 2.41. The monoisotopic (exact) mass is 299 g/mol. The second-order valence-electron chi connectivity index (χ2n) is 5.08. The number of nitrogens with zero attached hydrogens (tertiary/aromatic N) is 2. The summed E-state index contributed by atoms with van der Waals surface area (Å²) in [5.74, 6) is 1.69. The minimum absolute atomic E-state index is 0.293. The van der Waals surface area contributed by atoms with Gasteiger partial charge in [0.1, 0.15) is 11.5 Å². The number of ether oxygens (including phenoxy) is 2. The Hall–Kier alpha value is -2.63. The standard InChI is InChI=1S/C16H17N3O3/c1-21-11-5-6-13(22-2)12(9-11)16(20)19-15-14(10-3-4-10)17-7-8-18-15/h5-10H,3-4H2,1-2H3,(H,18,19,20). The molecular formula is C16H17N3O3. The molecule has 6 heteroatoms. The zero-order valence-electron chi connectivity index (χ0n) is 12.5. The van der Waals surface area contributed by atoms with Crippen LogP contribution < -0.4 is 14.8 Å². The SMILES string of the molecule is COc1ccc(OC)c(C(=O)Nc2nccnc2C2CC2)c1. The van der Waals surface area contributed by atoms with Crippen LogP contribution in [0.5, 0.6) is 11.5 Å². The Kier molecular flexibility index (Phi) is 3.91. The highest BCUT2D eigenvalue weighted by molar-refractivity contribution is 6.06. The molecule has 6 nitrogen and oxygen atoms in total. The van der Waals surface area contributed by atoms with Crippen LogP contribution in [0.15, 0.2) is 30.6 Å². The average molecular weight is 299 g/mol. The minimum Gasteiger partial charge on any atom is -0.497 e. The van der Waals surface area contributed by atoms with Crippen molar-refractivity contribution in [2.75, 3.05) is 19.5 Å². The van der Waals surface area contributed by atoms with Crippen LogP contribution in [0.3, 0.4) is 0 Å². The lowest BCUT2D eigenvalue weighted by molar-refractivity contribution is 0.102. The first kappa shape index (κ1) is 14.3. The molecule has 1 saturated carbocycles. The first-order valence-electron chi connectivity index (χ1n) is 7.07. The van der Waals surface area contributed by atoms with E-state index in [9.17, 15) is 4.79 Å². The Morgan fingerprint density at radius 1 is 1.18 bits per heavy atom. The second-order valence-corrected chi connectivity index (χ2v) is 5.08. The van der Waals surface area contributed by atoms with Crippen LogP contribution >= 0.6 is 0 Å². The number of methoxy groups -OCH3 is 2. The van der Waals surface area contributed by atoms with Gasteiger partial charge in [0.15, 0.2) is 5.82 Å². The lowest BCUT2D eigenvalue weighted by Gasteiger charge is -2.12. The number of rotatable bonds is 5. The molecule has 1 aromatic carbocycles. The van der Waals surface area contributed by atoms with Crippen molar-refractivity contribution >= 4 is 11.7 Å². The van der Waals surface area contributed by atoms with Crippen LogP contribution in [-0.2, 0) is 0 Å². The molecule has 1 heterocycles. The number of carbonyl (C=O) groups is 1. The molecule has 0 saturated heterocycles. The number of anilines is 1. The Morgan fingerprint density at radius 2 is 1.95 bits per heavy atom. The van der Waals surface area contributed by atoms with Gasteiger partial charge in [0, 0.05) is 18.3 Å². The fraction of sp³-hybridized carbons (Fsp3) is 0.312. The summed E-state index contributed by atoms with van der Waals surface area (Å²) < 4.78 is 10.4. The molecule has 0 spiro atoms. The van der Waals surface area contributed by atoms with E-state index in [0.717, 1.165) is 18.5 Å². The van der Waals surface area contributed by atoms with Crippen molar-refractivity contribution in [1.82, 2.24) is 9.97 Å². The first-order valence-corrected chi connectivity index (χ1v) is 7.07. The van der Waals surface area contributed by atoms with E-state index in [0.29, 0.717) is 28.8 Å². The Labute approximate surface area is 128 Å². The van der Waals surface area contributed by atoms with E-state index < -0.39 is 0 Å². The lowest BCUT2D eigenvalue weighted by atomic mass is 10.1.